The van der Waals surface area contributed by atoms with E-state index in [-0.39, 0.29) is 0 Å². The van der Waals surface area contributed by atoms with Crippen LogP contribution in [0.15, 0.2) is 142 Å². The minimum Gasteiger partial charge on any atom is -0.451 e. The highest BCUT2D eigenvalue weighted by Gasteiger charge is 2.59. The van der Waals surface area contributed by atoms with Crippen LogP contribution < -0.4 is 34.9 Å². The highest BCUT2D eigenvalue weighted by atomic mass is 79.9. The molecule has 5 atom stereocenters. The highest BCUT2D eigenvalue weighted by molar-refractivity contribution is 9.11. The summed E-state index contributed by atoms with van der Waals surface area (Å²) in [4.78, 5) is 0. The summed E-state index contributed by atoms with van der Waals surface area (Å²) >= 11 is 7.34. The van der Waals surface area contributed by atoms with Crippen LogP contribution in [0.5, 0.6) is 23.0 Å². The van der Waals surface area contributed by atoms with Gasteiger partial charge in [-0.3, -0.25) is 0 Å². The minimum atomic E-state index is -0.752. The van der Waals surface area contributed by atoms with Crippen LogP contribution in [0.25, 0.3) is 0 Å². The molecule has 4 nitrogen and oxygen atoms in total. The third-order valence-corrected chi connectivity index (χ3v) is 17.8. The van der Waals surface area contributed by atoms with Gasteiger partial charge in [0.1, 0.15) is 23.0 Å². The molecule has 2 fully saturated rings. The summed E-state index contributed by atoms with van der Waals surface area (Å²) in [5.41, 5.74) is 6.47. The van der Waals surface area contributed by atoms with E-state index in [4.69, 9.17) is 18.9 Å². The van der Waals surface area contributed by atoms with E-state index in [1.165, 1.54) is 69.4 Å². The standard InChI is InChI=1S/C33H31O2P.C20H18Br2O2/c1-23-11-8-12-24-21-26-14-10-15-27-22-25-13-9-20-30(32(25)35-33(26,27)34-31(23)24)36(28-16-4-2-5-17-28)29-18-6-3-7-19-29;21-16-8-1-4-12-10-14-6-3-7-15-11-13-5-2-9-17(22)19(13)24-20(14,15)23-18(12)16/h2-9,11-13,16-20,26-27H,10,14-15,21-22H2,1H3;1-2,4-5,8-9,14-15H,3,6-7,10-11H2/t26-,27-,33-;14-,15-,20?/m11/s1. The first-order chi connectivity index (χ1) is 29.4. The Morgan fingerprint density at radius 1 is 0.433 bits per heavy atom. The fourth-order valence-electron chi connectivity index (χ4n) is 11.4. The molecule has 4 aliphatic heterocycles. The average Bonchev–Trinajstić information content (AvgIpc) is 3.27. The lowest BCUT2D eigenvalue weighted by Gasteiger charge is -2.54. The summed E-state index contributed by atoms with van der Waals surface area (Å²) in [6.45, 7) is 2.17. The Morgan fingerprint density at radius 2 is 0.817 bits per heavy atom. The lowest BCUT2D eigenvalue weighted by Crippen LogP contribution is -2.62. The van der Waals surface area contributed by atoms with Gasteiger partial charge in [-0.05, 0) is 149 Å². The number of rotatable bonds is 3. The number of benzene rings is 6. The molecule has 7 heteroatoms. The maximum absolute atomic E-state index is 7.29. The molecule has 0 N–H and O–H groups in total. The molecular weight excluding hydrogens is 891 g/mol. The molecule has 0 amide bonds. The molecule has 4 heterocycles. The smallest absolute Gasteiger partial charge is 0.257 e. The predicted molar refractivity (Wildman–Crippen MR) is 249 cm³/mol. The predicted octanol–water partition coefficient (Wildman–Crippen LogP) is 12.3. The first-order valence-corrected chi connectivity index (χ1v) is 24.7. The van der Waals surface area contributed by atoms with E-state index in [2.05, 4.69) is 172 Å². The third kappa shape index (κ3) is 6.54. The molecular formula is C53H49Br2O4P. The summed E-state index contributed by atoms with van der Waals surface area (Å²) in [7, 11) is -0.752. The molecule has 2 saturated carbocycles. The van der Waals surface area contributed by atoms with Crippen LogP contribution in [0.4, 0.5) is 0 Å². The van der Waals surface area contributed by atoms with Crippen molar-refractivity contribution in [1.29, 1.82) is 0 Å². The van der Waals surface area contributed by atoms with Crippen LogP contribution in [-0.2, 0) is 25.7 Å². The Bertz CT molecular complexity index is 2460. The van der Waals surface area contributed by atoms with Crippen molar-refractivity contribution in [2.24, 2.45) is 23.7 Å². The number of hydrogen-bond acceptors (Lipinski definition) is 4. The zero-order valence-electron chi connectivity index (χ0n) is 33.9. The van der Waals surface area contributed by atoms with Gasteiger partial charge in [-0.15, -0.1) is 0 Å². The van der Waals surface area contributed by atoms with Crippen LogP contribution in [0.1, 0.15) is 66.3 Å². The van der Waals surface area contributed by atoms with Crippen LogP contribution in [0.3, 0.4) is 0 Å². The van der Waals surface area contributed by atoms with Crippen molar-refractivity contribution in [3.05, 3.63) is 170 Å². The fourth-order valence-corrected chi connectivity index (χ4v) is 14.8. The Kier molecular flexibility index (Phi) is 10.1. The molecule has 0 unspecified atom stereocenters. The molecule has 304 valence electrons. The zero-order valence-corrected chi connectivity index (χ0v) is 38.0. The monoisotopic (exact) mass is 938 g/mol. The topological polar surface area (TPSA) is 36.9 Å². The quantitative estimate of drug-likeness (QED) is 0.166. The van der Waals surface area contributed by atoms with Crippen molar-refractivity contribution in [2.45, 2.75) is 82.7 Å². The van der Waals surface area contributed by atoms with Gasteiger partial charge in [0.05, 0.1) is 8.95 Å². The van der Waals surface area contributed by atoms with Gasteiger partial charge in [0.25, 0.3) is 11.6 Å². The van der Waals surface area contributed by atoms with Crippen molar-refractivity contribution >= 4 is 55.7 Å². The van der Waals surface area contributed by atoms with Crippen LogP contribution >= 0.6 is 39.8 Å². The van der Waals surface area contributed by atoms with Crippen LogP contribution in [-0.4, -0.2) is 11.6 Å². The van der Waals surface area contributed by atoms with Gasteiger partial charge in [-0.2, -0.15) is 0 Å². The summed E-state index contributed by atoms with van der Waals surface area (Å²) < 4.78 is 29.7. The second-order valence-electron chi connectivity index (χ2n) is 17.6. The molecule has 6 aromatic rings. The summed E-state index contributed by atoms with van der Waals surface area (Å²) in [6.07, 6.45) is 11.3. The minimum absolute atomic E-state index is 0.381. The van der Waals surface area contributed by atoms with Gasteiger partial charge in [-0.25, -0.2) is 0 Å². The van der Waals surface area contributed by atoms with Crippen molar-refractivity contribution in [1.82, 2.24) is 0 Å². The number of ether oxygens (including phenoxy) is 4. The summed E-state index contributed by atoms with van der Waals surface area (Å²) in [5, 5.41) is 4.00. The van der Waals surface area contributed by atoms with Gasteiger partial charge < -0.3 is 18.9 Å². The molecule has 12 rings (SSSR count). The zero-order chi connectivity index (χ0) is 40.4. The normalized spacial score (nSPS) is 26.4. The van der Waals surface area contributed by atoms with Crippen LogP contribution in [0, 0.1) is 30.6 Å². The van der Waals surface area contributed by atoms with E-state index in [1.54, 1.807) is 0 Å². The van der Waals surface area contributed by atoms with Crippen LogP contribution in [0.2, 0.25) is 0 Å². The van der Waals surface area contributed by atoms with Gasteiger partial charge in [0.2, 0.25) is 0 Å². The first-order valence-electron chi connectivity index (χ1n) is 21.8. The average molecular weight is 941 g/mol. The molecule has 6 aliphatic rings. The molecule has 0 saturated heterocycles. The Morgan fingerprint density at radius 3 is 1.30 bits per heavy atom. The van der Waals surface area contributed by atoms with E-state index in [0.717, 1.165) is 70.5 Å². The second kappa shape index (κ2) is 15.7. The SMILES string of the molecule is Brc1cccc2c1OC13Oc4c(Br)cccc4C[C@H]1CCC[C@@H]3C2.Cc1cccc2c1O[C@]13Oc4c(cccc4P(c4ccccc4)c4ccccc4)C[C@H]1CCC[C@@H]3C2. The van der Waals surface area contributed by atoms with Gasteiger partial charge in [0.15, 0.2) is 0 Å². The number of aryl methyl sites for hydroxylation is 1. The summed E-state index contributed by atoms with van der Waals surface area (Å²) in [6, 6.07) is 47.9. The van der Waals surface area contributed by atoms with Crippen molar-refractivity contribution in [3.63, 3.8) is 0 Å². The van der Waals surface area contributed by atoms with Crippen molar-refractivity contribution in [2.75, 3.05) is 0 Å². The van der Waals surface area contributed by atoms with E-state index >= 15 is 0 Å². The van der Waals surface area contributed by atoms with Gasteiger partial charge in [0, 0.05) is 29.0 Å². The lowest BCUT2D eigenvalue weighted by atomic mass is 9.68. The maximum atomic E-state index is 7.29. The lowest BCUT2D eigenvalue weighted by molar-refractivity contribution is -0.226. The van der Waals surface area contributed by atoms with E-state index in [9.17, 15) is 0 Å². The Balaban J connectivity index is 0.000000147. The van der Waals surface area contributed by atoms with E-state index in [0.29, 0.717) is 23.7 Å². The molecule has 2 spiro atoms. The molecule has 0 bridgehead atoms. The number of fused-ring (bicyclic) bond motifs is 4. The number of para-hydroxylation sites is 4. The van der Waals surface area contributed by atoms with E-state index in [1.807, 2.05) is 0 Å². The van der Waals surface area contributed by atoms with Gasteiger partial charge >= 0.3 is 0 Å². The molecule has 60 heavy (non-hydrogen) atoms. The highest BCUT2D eigenvalue weighted by Crippen LogP contribution is 2.56. The fraction of sp³-hybridized carbons (Fsp3) is 0.321. The van der Waals surface area contributed by atoms with Crippen molar-refractivity contribution < 1.29 is 18.9 Å². The molecule has 0 aromatic heterocycles. The van der Waals surface area contributed by atoms with Gasteiger partial charge in [-0.1, -0.05) is 134 Å². The maximum Gasteiger partial charge on any atom is 0.257 e. The molecule has 2 aliphatic carbocycles. The van der Waals surface area contributed by atoms with Crippen molar-refractivity contribution in [3.8, 4) is 23.0 Å². The Labute approximate surface area is 372 Å². The second-order valence-corrected chi connectivity index (χ2v) is 21.5. The number of halogens is 2. The van der Waals surface area contributed by atoms with E-state index < -0.39 is 19.5 Å². The Hall–Kier alpha value is -4.09. The largest absolute Gasteiger partial charge is 0.451 e. The summed E-state index contributed by atoms with van der Waals surface area (Å²) in [5.74, 6) is 4.55. The number of hydrogen-bond donors (Lipinski definition) is 0. The third-order valence-electron chi connectivity index (χ3n) is 14.1. The molecule has 0 radical (unpaired) electrons. The first kappa shape index (κ1) is 38.8. The molecule has 6 aromatic carbocycles.